The normalized spacial score (nSPS) is 23.4. The maximum absolute atomic E-state index is 13.9. The van der Waals surface area contributed by atoms with E-state index in [4.69, 9.17) is 15.3 Å². The Hall–Kier alpha value is -3.66. The Kier molecular flexibility index (Phi) is 9.30. The van der Waals surface area contributed by atoms with Crippen molar-refractivity contribution in [3.05, 3.63) is 48.0 Å². The van der Waals surface area contributed by atoms with E-state index in [1.165, 1.54) is 6.42 Å². The third-order valence-electron chi connectivity index (χ3n) is 8.68. The van der Waals surface area contributed by atoms with Crippen molar-refractivity contribution in [1.82, 2.24) is 14.9 Å². The standard InChI is InChI=1S/C32H42N4O6/c1-21(2)17-27-31(39)35-26(18-22-9-4-3-5-10-22)30(38)34(16-15-28(33)37)19-29(35)36(42-27)32(40)41-20-24-13-8-12-23-11-6-7-14-25(23)24/h6-8,11-14,21-22,26-27,29H,3-5,9-10,15-20H2,1-2H3,(H2,33,37)/t26-,27+,29?/m0/s1. The van der Waals surface area contributed by atoms with Crippen LogP contribution in [0.15, 0.2) is 42.5 Å². The fraction of sp³-hybridized carbons (Fsp3) is 0.562. The van der Waals surface area contributed by atoms with Gasteiger partial charge in [0.25, 0.3) is 5.91 Å². The maximum Gasteiger partial charge on any atom is 0.436 e. The summed E-state index contributed by atoms with van der Waals surface area (Å²) in [5, 5.41) is 3.17. The number of amides is 4. The number of piperazine rings is 1. The van der Waals surface area contributed by atoms with Crippen LogP contribution in [0.2, 0.25) is 0 Å². The molecule has 2 heterocycles. The smallest absolute Gasteiger partial charge is 0.436 e. The minimum atomic E-state index is -0.912. The largest absolute Gasteiger partial charge is 0.443 e. The van der Waals surface area contributed by atoms with Gasteiger partial charge < -0.3 is 20.3 Å². The Morgan fingerprint density at radius 2 is 1.76 bits per heavy atom. The molecule has 3 atom stereocenters. The molecule has 42 heavy (non-hydrogen) atoms. The molecule has 4 amide bonds. The van der Waals surface area contributed by atoms with Crippen molar-refractivity contribution in [2.45, 2.75) is 90.1 Å². The summed E-state index contributed by atoms with van der Waals surface area (Å²) in [6, 6.07) is 13.0. The highest BCUT2D eigenvalue weighted by Gasteiger charge is 2.53. The second-order valence-corrected chi connectivity index (χ2v) is 12.2. The number of ether oxygens (including phenoxy) is 1. The fourth-order valence-corrected chi connectivity index (χ4v) is 6.58. The highest BCUT2D eigenvalue weighted by Crippen LogP contribution is 2.35. The summed E-state index contributed by atoms with van der Waals surface area (Å²) in [6.45, 7) is 4.11. The molecule has 3 aliphatic rings. The van der Waals surface area contributed by atoms with Crippen molar-refractivity contribution < 1.29 is 28.8 Å². The minimum Gasteiger partial charge on any atom is -0.443 e. The van der Waals surface area contributed by atoms with Gasteiger partial charge in [0.2, 0.25) is 11.8 Å². The first-order valence-corrected chi connectivity index (χ1v) is 15.2. The van der Waals surface area contributed by atoms with Gasteiger partial charge in [0, 0.05) is 13.0 Å². The number of benzene rings is 2. The molecule has 2 N–H and O–H groups in total. The molecule has 226 valence electrons. The number of carbonyl (C=O) groups excluding carboxylic acids is 4. The van der Waals surface area contributed by atoms with E-state index in [0.717, 1.165) is 47.1 Å². The Morgan fingerprint density at radius 3 is 2.50 bits per heavy atom. The summed E-state index contributed by atoms with van der Waals surface area (Å²) >= 11 is 0. The van der Waals surface area contributed by atoms with Crippen LogP contribution in [-0.4, -0.2) is 70.1 Å². The monoisotopic (exact) mass is 578 g/mol. The molecule has 3 fully saturated rings. The van der Waals surface area contributed by atoms with E-state index in [2.05, 4.69) is 0 Å². The Balaban J connectivity index is 1.43. The number of primary amides is 1. The summed E-state index contributed by atoms with van der Waals surface area (Å²) in [5.74, 6) is -0.589. The molecule has 5 rings (SSSR count). The van der Waals surface area contributed by atoms with E-state index in [-0.39, 0.29) is 43.8 Å². The number of hydrogen-bond acceptors (Lipinski definition) is 6. The molecule has 0 bridgehead atoms. The van der Waals surface area contributed by atoms with E-state index in [9.17, 15) is 19.2 Å². The van der Waals surface area contributed by atoms with Crippen LogP contribution in [0.5, 0.6) is 0 Å². The average Bonchev–Trinajstić information content (AvgIpc) is 2.98. The molecular weight excluding hydrogens is 536 g/mol. The molecule has 2 aromatic rings. The topological polar surface area (TPSA) is 122 Å². The maximum atomic E-state index is 13.9. The van der Waals surface area contributed by atoms with Gasteiger partial charge in [0.15, 0.2) is 12.3 Å². The predicted molar refractivity (Wildman–Crippen MR) is 156 cm³/mol. The Bertz CT molecular complexity index is 1300. The summed E-state index contributed by atoms with van der Waals surface area (Å²) < 4.78 is 5.81. The second-order valence-electron chi connectivity index (χ2n) is 12.2. The van der Waals surface area contributed by atoms with E-state index in [1.807, 2.05) is 56.3 Å². The molecule has 2 aromatic carbocycles. The van der Waals surface area contributed by atoms with Gasteiger partial charge >= 0.3 is 6.09 Å². The van der Waals surface area contributed by atoms with Crippen molar-refractivity contribution in [3.8, 4) is 0 Å². The first-order chi connectivity index (χ1) is 20.2. The molecule has 0 spiro atoms. The van der Waals surface area contributed by atoms with Gasteiger partial charge in [-0.15, -0.1) is 0 Å². The molecule has 0 aromatic heterocycles. The van der Waals surface area contributed by atoms with Gasteiger partial charge in [0.05, 0.1) is 6.54 Å². The average molecular weight is 579 g/mol. The lowest BCUT2D eigenvalue weighted by Crippen LogP contribution is -2.73. The third kappa shape index (κ3) is 6.53. The zero-order valence-electron chi connectivity index (χ0n) is 24.6. The number of rotatable bonds is 9. The zero-order valence-corrected chi connectivity index (χ0v) is 24.6. The Morgan fingerprint density at radius 1 is 1.02 bits per heavy atom. The number of carbonyl (C=O) groups is 4. The van der Waals surface area contributed by atoms with E-state index >= 15 is 0 Å². The number of fused-ring (bicyclic) bond motifs is 2. The summed E-state index contributed by atoms with van der Waals surface area (Å²) in [5.41, 5.74) is 6.27. The van der Waals surface area contributed by atoms with Gasteiger partial charge in [-0.25, -0.2) is 4.79 Å². The lowest BCUT2D eigenvalue weighted by molar-refractivity contribution is -0.269. The number of nitrogens with zero attached hydrogens (tertiary/aromatic N) is 3. The summed E-state index contributed by atoms with van der Waals surface area (Å²) in [7, 11) is 0. The van der Waals surface area contributed by atoms with Crippen molar-refractivity contribution in [1.29, 1.82) is 0 Å². The van der Waals surface area contributed by atoms with Gasteiger partial charge in [-0.3, -0.25) is 19.2 Å². The molecule has 0 radical (unpaired) electrons. The highest BCUT2D eigenvalue weighted by atomic mass is 16.7. The lowest BCUT2D eigenvalue weighted by Gasteiger charge is -2.53. The molecule has 1 unspecified atom stereocenters. The zero-order chi connectivity index (χ0) is 29.8. The molecule has 10 nitrogen and oxygen atoms in total. The van der Waals surface area contributed by atoms with E-state index in [1.54, 1.807) is 9.80 Å². The van der Waals surface area contributed by atoms with Gasteiger partial charge in [-0.05, 0) is 41.0 Å². The van der Waals surface area contributed by atoms with E-state index < -0.39 is 30.3 Å². The van der Waals surface area contributed by atoms with Crippen LogP contribution in [0.25, 0.3) is 10.8 Å². The van der Waals surface area contributed by atoms with Gasteiger partial charge in [-0.2, -0.15) is 5.06 Å². The molecular formula is C32H42N4O6. The number of hydroxylamine groups is 2. The summed E-state index contributed by atoms with van der Waals surface area (Å²) in [6.07, 6.45) is 3.76. The van der Waals surface area contributed by atoms with Crippen LogP contribution in [0.1, 0.15) is 70.8 Å². The molecule has 2 aliphatic heterocycles. The van der Waals surface area contributed by atoms with Crippen LogP contribution in [0.4, 0.5) is 4.79 Å². The van der Waals surface area contributed by atoms with Crippen molar-refractivity contribution in [2.75, 3.05) is 13.1 Å². The van der Waals surface area contributed by atoms with Gasteiger partial charge in [0.1, 0.15) is 12.6 Å². The molecule has 10 heteroatoms. The number of nitrogens with two attached hydrogens (primary N) is 1. The molecule has 1 saturated carbocycles. The molecule has 2 saturated heterocycles. The minimum absolute atomic E-state index is 0.00901. The summed E-state index contributed by atoms with van der Waals surface area (Å²) in [4.78, 5) is 62.4. The van der Waals surface area contributed by atoms with Gasteiger partial charge in [-0.1, -0.05) is 88.4 Å². The van der Waals surface area contributed by atoms with Crippen molar-refractivity contribution in [2.24, 2.45) is 17.6 Å². The predicted octanol–water partition coefficient (Wildman–Crippen LogP) is 4.35. The van der Waals surface area contributed by atoms with E-state index in [0.29, 0.717) is 18.8 Å². The van der Waals surface area contributed by atoms with Crippen LogP contribution >= 0.6 is 0 Å². The van der Waals surface area contributed by atoms with Crippen molar-refractivity contribution >= 4 is 34.6 Å². The fourth-order valence-electron chi connectivity index (χ4n) is 6.58. The third-order valence-corrected chi connectivity index (χ3v) is 8.68. The van der Waals surface area contributed by atoms with Crippen LogP contribution in [0, 0.1) is 11.8 Å². The van der Waals surface area contributed by atoms with Crippen LogP contribution in [0.3, 0.4) is 0 Å². The quantitative estimate of drug-likeness (QED) is 0.472. The lowest BCUT2D eigenvalue weighted by atomic mass is 9.83. The van der Waals surface area contributed by atoms with Crippen molar-refractivity contribution in [3.63, 3.8) is 0 Å². The molecule has 1 aliphatic carbocycles. The first-order valence-electron chi connectivity index (χ1n) is 15.2. The first kappa shape index (κ1) is 29.8. The highest BCUT2D eigenvalue weighted by molar-refractivity contribution is 5.92. The second kappa shape index (κ2) is 13.1. The van der Waals surface area contributed by atoms with Crippen LogP contribution < -0.4 is 5.73 Å². The van der Waals surface area contributed by atoms with Crippen LogP contribution in [-0.2, 0) is 30.6 Å². The Labute approximate surface area is 247 Å². The SMILES string of the molecule is CC(C)C[C@H]1ON(C(=O)OCc2cccc3ccccc23)C2CN(CCC(N)=O)C(=O)[C@H](CC3CCCCC3)N2C1=O. The number of hydrogen-bond donors (Lipinski definition) is 1.